The highest BCUT2D eigenvalue weighted by molar-refractivity contribution is 7.89. The van der Waals surface area contributed by atoms with E-state index in [4.69, 9.17) is 11.6 Å². The van der Waals surface area contributed by atoms with Gasteiger partial charge in [-0.3, -0.25) is 10.1 Å². The van der Waals surface area contributed by atoms with E-state index in [-0.39, 0.29) is 27.7 Å². The second-order valence-corrected chi connectivity index (χ2v) is 8.55. The third-order valence-corrected chi connectivity index (χ3v) is 6.71. The minimum atomic E-state index is -3.88. The van der Waals surface area contributed by atoms with Gasteiger partial charge in [0.05, 0.1) is 14.8 Å². The molecule has 2 rings (SSSR count). The Morgan fingerprint density at radius 3 is 2.52 bits per heavy atom. The lowest BCUT2D eigenvalue weighted by atomic mass is 10.2. The fraction of sp³-hybridized carbons (Fsp3) is 0.286. The molecule has 0 aliphatic rings. The zero-order chi connectivity index (χ0) is 17.4. The van der Waals surface area contributed by atoms with Gasteiger partial charge in [-0.05, 0) is 36.9 Å². The van der Waals surface area contributed by atoms with E-state index in [9.17, 15) is 18.5 Å². The normalized spacial score (nSPS) is 11.9. The monoisotopic (exact) mass is 374 g/mol. The molecular formula is C14H15ClN2O4S2. The van der Waals surface area contributed by atoms with Gasteiger partial charge in [-0.15, -0.1) is 11.3 Å². The SMILES string of the molecule is Cc1ccsc1CN(C)S(=O)(=O)c1cc(Cl)c(C)c([N+](=O)[O-])c1. The van der Waals surface area contributed by atoms with Crippen LogP contribution in [0.4, 0.5) is 5.69 Å². The topological polar surface area (TPSA) is 80.5 Å². The zero-order valence-electron chi connectivity index (χ0n) is 12.7. The minimum Gasteiger partial charge on any atom is -0.258 e. The van der Waals surface area contributed by atoms with Crippen LogP contribution in [0.3, 0.4) is 0 Å². The first-order valence-electron chi connectivity index (χ1n) is 6.58. The summed E-state index contributed by atoms with van der Waals surface area (Å²) < 4.78 is 26.5. The van der Waals surface area contributed by atoms with Gasteiger partial charge in [-0.2, -0.15) is 4.31 Å². The maximum Gasteiger partial charge on any atom is 0.275 e. The summed E-state index contributed by atoms with van der Waals surface area (Å²) in [5.74, 6) is 0. The molecule has 0 unspecified atom stereocenters. The average Bonchev–Trinajstić information content (AvgIpc) is 2.86. The van der Waals surface area contributed by atoms with Gasteiger partial charge < -0.3 is 0 Å². The Labute approximate surface area is 143 Å². The molecule has 1 heterocycles. The summed E-state index contributed by atoms with van der Waals surface area (Å²) in [6.07, 6.45) is 0. The van der Waals surface area contributed by atoms with E-state index in [1.54, 1.807) is 0 Å². The van der Waals surface area contributed by atoms with E-state index in [1.165, 1.54) is 31.4 Å². The van der Waals surface area contributed by atoms with Gasteiger partial charge in [0, 0.05) is 30.1 Å². The second-order valence-electron chi connectivity index (χ2n) is 5.09. The van der Waals surface area contributed by atoms with Crippen molar-refractivity contribution in [3.8, 4) is 0 Å². The number of sulfonamides is 1. The smallest absolute Gasteiger partial charge is 0.258 e. The van der Waals surface area contributed by atoms with Crippen molar-refractivity contribution in [3.63, 3.8) is 0 Å². The maximum atomic E-state index is 12.7. The lowest BCUT2D eigenvalue weighted by Gasteiger charge is -2.17. The number of hydrogen-bond acceptors (Lipinski definition) is 5. The predicted molar refractivity (Wildman–Crippen MR) is 90.6 cm³/mol. The minimum absolute atomic E-state index is 0.0541. The molecule has 0 radical (unpaired) electrons. The fourth-order valence-electron chi connectivity index (χ4n) is 2.01. The Kier molecular flexibility index (Phi) is 5.10. The van der Waals surface area contributed by atoms with Crippen LogP contribution in [0.5, 0.6) is 0 Å². The van der Waals surface area contributed by atoms with E-state index in [1.807, 2.05) is 18.4 Å². The Morgan fingerprint density at radius 1 is 1.35 bits per heavy atom. The van der Waals surface area contributed by atoms with E-state index in [0.29, 0.717) is 0 Å². The van der Waals surface area contributed by atoms with Crippen molar-refractivity contribution < 1.29 is 13.3 Å². The Balaban J connectivity index is 2.43. The molecule has 124 valence electrons. The van der Waals surface area contributed by atoms with Gasteiger partial charge in [0.2, 0.25) is 10.0 Å². The summed E-state index contributed by atoms with van der Waals surface area (Å²) in [6, 6.07) is 4.21. The van der Waals surface area contributed by atoms with Crippen LogP contribution in [0.25, 0.3) is 0 Å². The fourth-order valence-corrected chi connectivity index (χ4v) is 4.52. The molecule has 1 aromatic heterocycles. The highest BCUT2D eigenvalue weighted by Crippen LogP contribution is 2.31. The number of halogens is 1. The standard InChI is InChI=1S/C14H15ClN2O4S2/c1-9-4-5-22-14(9)8-16(3)23(20,21)11-6-12(15)10(2)13(7-11)17(18)19/h4-7H,8H2,1-3H3. The number of aryl methyl sites for hydroxylation is 1. The number of nitrogens with zero attached hydrogens (tertiary/aromatic N) is 2. The van der Waals surface area contributed by atoms with Crippen LogP contribution in [-0.4, -0.2) is 24.7 Å². The molecule has 2 aromatic rings. The highest BCUT2D eigenvalue weighted by atomic mass is 35.5. The van der Waals surface area contributed by atoms with Crippen molar-refractivity contribution >= 4 is 38.6 Å². The van der Waals surface area contributed by atoms with Crippen molar-refractivity contribution in [1.29, 1.82) is 0 Å². The largest absolute Gasteiger partial charge is 0.275 e. The molecule has 0 atom stereocenters. The van der Waals surface area contributed by atoms with Crippen LogP contribution in [0.15, 0.2) is 28.5 Å². The molecule has 0 fully saturated rings. The molecular weight excluding hydrogens is 360 g/mol. The highest BCUT2D eigenvalue weighted by Gasteiger charge is 2.26. The van der Waals surface area contributed by atoms with Crippen molar-refractivity contribution in [1.82, 2.24) is 4.31 Å². The van der Waals surface area contributed by atoms with Crippen molar-refractivity contribution in [2.24, 2.45) is 0 Å². The second kappa shape index (κ2) is 6.56. The molecule has 23 heavy (non-hydrogen) atoms. The van der Waals surface area contributed by atoms with Crippen LogP contribution < -0.4 is 0 Å². The number of hydrogen-bond donors (Lipinski definition) is 0. The molecule has 0 saturated heterocycles. The van der Waals surface area contributed by atoms with E-state index in [0.717, 1.165) is 20.8 Å². The molecule has 0 aliphatic heterocycles. The lowest BCUT2D eigenvalue weighted by Crippen LogP contribution is -2.26. The average molecular weight is 375 g/mol. The van der Waals surface area contributed by atoms with Gasteiger partial charge in [0.1, 0.15) is 0 Å². The first kappa shape index (κ1) is 17.9. The molecule has 0 N–H and O–H groups in total. The van der Waals surface area contributed by atoms with Crippen LogP contribution in [0.2, 0.25) is 5.02 Å². The van der Waals surface area contributed by atoms with Gasteiger partial charge in [0.25, 0.3) is 5.69 Å². The predicted octanol–water partition coefficient (Wildman–Crippen LogP) is 3.75. The number of nitro groups is 1. The summed E-state index contributed by atoms with van der Waals surface area (Å²) in [5, 5.41) is 13.0. The number of thiophene rings is 1. The van der Waals surface area contributed by atoms with E-state index < -0.39 is 14.9 Å². The van der Waals surface area contributed by atoms with Crippen molar-refractivity contribution in [2.75, 3.05) is 7.05 Å². The van der Waals surface area contributed by atoms with Crippen LogP contribution in [-0.2, 0) is 16.6 Å². The molecule has 0 aliphatic carbocycles. The zero-order valence-corrected chi connectivity index (χ0v) is 15.1. The third-order valence-electron chi connectivity index (χ3n) is 3.53. The Hall–Kier alpha value is -1.48. The molecule has 0 spiro atoms. The first-order valence-corrected chi connectivity index (χ1v) is 9.28. The summed E-state index contributed by atoms with van der Waals surface area (Å²) in [7, 11) is -2.44. The van der Waals surface area contributed by atoms with E-state index >= 15 is 0 Å². The summed E-state index contributed by atoms with van der Waals surface area (Å²) in [4.78, 5) is 11.2. The van der Waals surface area contributed by atoms with E-state index in [2.05, 4.69) is 0 Å². The van der Waals surface area contributed by atoms with Gasteiger partial charge in [0.15, 0.2) is 0 Å². The molecule has 0 bridgehead atoms. The summed E-state index contributed by atoms with van der Waals surface area (Å²) in [5.41, 5.74) is 0.939. The molecule has 1 aromatic carbocycles. The third kappa shape index (κ3) is 3.55. The van der Waals surface area contributed by atoms with Crippen LogP contribution in [0.1, 0.15) is 16.0 Å². The quantitative estimate of drug-likeness (QED) is 0.589. The maximum absolute atomic E-state index is 12.7. The number of benzene rings is 1. The molecule has 0 saturated carbocycles. The molecule has 9 heteroatoms. The van der Waals surface area contributed by atoms with Gasteiger partial charge in [-0.1, -0.05) is 11.6 Å². The number of nitro benzene ring substituents is 1. The van der Waals surface area contributed by atoms with Crippen molar-refractivity contribution in [2.45, 2.75) is 25.3 Å². The van der Waals surface area contributed by atoms with Crippen LogP contribution >= 0.6 is 22.9 Å². The first-order chi connectivity index (χ1) is 10.6. The molecule has 6 nitrogen and oxygen atoms in total. The Bertz CT molecular complexity index is 862. The number of rotatable bonds is 5. The molecule has 0 amide bonds. The summed E-state index contributed by atoms with van der Waals surface area (Å²) in [6.45, 7) is 3.58. The van der Waals surface area contributed by atoms with Crippen LogP contribution in [0, 0.1) is 24.0 Å². The Morgan fingerprint density at radius 2 is 2.00 bits per heavy atom. The van der Waals surface area contributed by atoms with Crippen molar-refractivity contribution in [3.05, 3.63) is 54.7 Å². The van der Waals surface area contributed by atoms with Gasteiger partial charge in [-0.25, -0.2) is 8.42 Å². The van der Waals surface area contributed by atoms with Gasteiger partial charge >= 0.3 is 0 Å². The summed E-state index contributed by atoms with van der Waals surface area (Å²) >= 11 is 7.42. The lowest BCUT2D eigenvalue weighted by molar-refractivity contribution is -0.385.